The summed E-state index contributed by atoms with van der Waals surface area (Å²) in [6, 6.07) is 14.4. The van der Waals surface area contributed by atoms with Crippen molar-refractivity contribution in [3.63, 3.8) is 0 Å². The number of hydrogen-bond donors (Lipinski definition) is 3. The molecule has 0 saturated heterocycles. The summed E-state index contributed by atoms with van der Waals surface area (Å²) in [5.41, 5.74) is 0.915. The predicted octanol–water partition coefficient (Wildman–Crippen LogP) is 3.15. The fourth-order valence-corrected chi connectivity index (χ4v) is 2.19. The maximum absolute atomic E-state index is 11.6. The second-order valence-corrected chi connectivity index (χ2v) is 5.50. The lowest BCUT2D eigenvalue weighted by molar-refractivity contribution is -0.137. The second kappa shape index (κ2) is 9.93. The van der Waals surface area contributed by atoms with E-state index in [0.29, 0.717) is 36.8 Å². The summed E-state index contributed by atoms with van der Waals surface area (Å²) in [7, 11) is 1.59. The number of urea groups is 1. The molecule has 0 spiro atoms. The van der Waals surface area contributed by atoms with Gasteiger partial charge in [0.2, 0.25) is 0 Å². The van der Waals surface area contributed by atoms with Crippen LogP contribution in [0.1, 0.15) is 18.4 Å². The monoisotopic (exact) mass is 358 g/mol. The van der Waals surface area contributed by atoms with Crippen LogP contribution in [0.15, 0.2) is 48.5 Å². The zero-order chi connectivity index (χ0) is 18.8. The Bertz CT molecular complexity index is 731. The number of amides is 2. The Kier molecular flexibility index (Phi) is 7.30. The molecule has 3 N–H and O–H groups in total. The molecule has 0 aliphatic rings. The van der Waals surface area contributed by atoms with Crippen molar-refractivity contribution in [3.8, 4) is 17.2 Å². The Morgan fingerprint density at radius 2 is 1.69 bits per heavy atom. The predicted molar refractivity (Wildman–Crippen MR) is 96.6 cm³/mol. The number of rotatable bonds is 9. The smallest absolute Gasteiger partial charge is 0.315 e. The topological polar surface area (TPSA) is 96.9 Å². The van der Waals surface area contributed by atoms with Crippen LogP contribution in [-0.4, -0.2) is 30.8 Å². The van der Waals surface area contributed by atoms with Crippen LogP contribution >= 0.6 is 0 Å². The fourth-order valence-electron chi connectivity index (χ4n) is 2.19. The normalized spacial score (nSPS) is 10.0. The molecule has 7 heteroatoms. The molecule has 0 aliphatic heterocycles. The second-order valence-electron chi connectivity index (χ2n) is 5.50. The number of carboxylic acid groups (broad SMARTS) is 1. The van der Waals surface area contributed by atoms with E-state index in [0.717, 1.165) is 5.56 Å². The van der Waals surface area contributed by atoms with Gasteiger partial charge in [0.15, 0.2) is 11.5 Å². The van der Waals surface area contributed by atoms with Gasteiger partial charge >= 0.3 is 12.0 Å². The SMILES string of the molecule is COc1ccccc1Oc1ccc(CNC(=O)NCCCC(=O)O)cc1. The molecule has 138 valence electrons. The third-order valence-electron chi connectivity index (χ3n) is 3.53. The van der Waals surface area contributed by atoms with Gasteiger partial charge in [0.1, 0.15) is 5.75 Å². The van der Waals surface area contributed by atoms with Crippen LogP contribution in [0.25, 0.3) is 0 Å². The zero-order valence-electron chi connectivity index (χ0n) is 14.5. The summed E-state index contributed by atoms with van der Waals surface area (Å²) in [5, 5.41) is 13.9. The van der Waals surface area contributed by atoms with Gasteiger partial charge in [0.25, 0.3) is 0 Å². The van der Waals surface area contributed by atoms with Crippen LogP contribution in [0, 0.1) is 0 Å². The van der Waals surface area contributed by atoms with E-state index >= 15 is 0 Å². The number of benzene rings is 2. The van der Waals surface area contributed by atoms with Gasteiger partial charge in [-0.1, -0.05) is 24.3 Å². The van der Waals surface area contributed by atoms with Gasteiger partial charge in [-0.3, -0.25) is 4.79 Å². The fraction of sp³-hybridized carbons (Fsp3) is 0.263. The standard InChI is InChI=1S/C19H22N2O5/c1-25-16-5-2-3-6-17(16)26-15-10-8-14(9-11-15)13-21-19(24)20-12-4-7-18(22)23/h2-3,5-6,8-11H,4,7,12-13H2,1H3,(H,22,23)(H2,20,21,24). The maximum Gasteiger partial charge on any atom is 0.315 e. The van der Waals surface area contributed by atoms with Crippen molar-refractivity contribution in [2.45, 2.75) is 19.4 Å². The number of ether oxygens (including phenoxy) is 2. The lowest BCUT2D eigenvalue weighted by Crippen LogP contribution is -2.35. The minimum absolute atomic E-state index is 0.0357. The van der Waals surface area contributed by atoms with Gasteiger partial charge in [-0.15, -0.1) is 0 Å². The van der Waals surface area contributed by atoms with E-state index in [2.05, 4.69) is 10.6 Å². The van der Waals surface area contributed by atoms with Crippen LogP contribution in [0.4, 0.5) is 4.79 Å². The zero-order valence-corrected chi connectivity index (χ0v) is 14.5. The minimum Gasteiger partial charge on any atom is -0.493 e. The number of carboxylic acids is 1. The molecule has 0 atom stereocenters. The summed E-state index contributed by atoms with van der Waals surface area (Å²) in [4.78, 5) is 22.0. The summed E-state index contributed by atoms with van der Waals surface area (Å²) in [6.07, 6.45) is 0.436. The van der Waals surface area contributed by atoms with Gasteiger partial charge in [-0.05, 0) is 36.2 Å². The summed E-state index contributed by atoms with van der Waals surface area (Å²) in [6.45, 7) is 0.684. The molecule has 0 saturated carbocycles. The molecule has 0 aromatic heterocycles. The number of aliphatic carboxylic acids is 1. The van der Waals surface area contributed by atoms with Crippen LogP contribution in [0.5, 0.6) is 17.2 Å². The molecule has 0 aliphatic carbocycles. The molecule has 0 unspecified atom stereocenters. The van der Waals surface area contributed by atoms with Crippen LogP contribution in [0.3, 0.4) is 0 Å². The van der Waals surface area contributed by atoms with Crippen molar-refractivity contribution in [2.75, 3.05) is 13.7 Å². The highest BCUT2D eigenvalue weighted by Crippen LogP contribution is 2.30. The number of carbonyl (C=O) groups is 2. The van der Waals surface area contributed by atoms with Crippen molar-refractivity contribution in [1.29, 1.82) is 0 Å². The number of nitrogens with one attached hydrogen (secondary N) is 2. The molecular formula is C19H22N2O5. The highest BCUT2D eigenvalue weighted by atomic mass is 16.5. The van der Waals surface area contributed by atoms with Gasteiger partial charge in [0.05, 0.1) is 7.11 Å². The number of hydrogen-bond acceptors (Lipinski definition) is 4. The van der Waals surface area contributed by atoms with E-state index in [9.17, 15) is 9.59 Å². The van der Waals surface area contributed by atoms with Crippen molar-refractivity contribution in [1.82, 2.24) is 10.6 Å². The third-order valence-corrected chi connectivity index (χ3v) is 3.53. The molecule has 2 amide bonds. The van der Waals surface area contributed by atoms with E-state index in [-0.39, 0.29) is 12.5 Å². The van der Waals surface area contributed by atoms with Crippen molar-refractivity contribution in [2.24, 2.45) is 0 Å². The molecule has 2 aromatic carbocycles. The molecule has 2 aromatic rings. The van der Waals surface area contributed by atoms with Crippen molar-refractivity contribution in [3.05, 3.63) is 54.1 Å². The lowest BCUT2D eigenvalue weighted by atomic mass is 10.2. The molecule has 26 heavy (non-hydrogen) atoms. The molecule has 0 fully saturated rings. The first kappa shape index (κ1) is 19.1. The van der Waals surface area contributed by atoms with Gasteiger partial charge < -0.3 is 25.2 Å². The Morgan fingerprint density at radius 1 is 1.00 bits per heavy atom. The van der Waals surface area contributed by atoms with Gasteiger partial charge in [-0.25, -0.2) is 4.79 Å². The van der Waals surface area contributed by atoms with E-state index < -0.39 is 5.97 Å². The molecule has 7 nitrogen and oxygen atoms in total. The van der Waals surface area contributed by atoms with Crippen LogP contribution in [0.2, 0.25) is 0 Å². The van der Waals surface area contributed by atoms with Crippen molar-refractivity contribution >= 4 is 12.0 Å². The van der Waals surface area contributed by atoms with E-state index in [1.807, 2.05) is 48.5 Å². The molecule has 0 bridgehead atoms. The van der Waals surface area contributed by atoms with Gasteiger partial charge in [-0.2, -0.15) is 0 Å². The molecule has 0 radical (unpaired) electrons. The average Bonchev–Trinajstić information content (AvgIpc) is 2.65. The Hall–Kier alpha value is -3.22. The van der Waals surface area contributed by atoms with E-state index in [4.69, 9.17) is 14.6 Å². The van der Waals surface area contributed by atoms with Crippen molar-refractivity contribution < 1.29 is 24.2 Å². The minimum atomic E-state index is -0.873. The average molecular weight is 358 g/mol. The summed E-state index contributed by atoms with van der Waals surface area (Å²) in [5.74, 6) is 1.07. The first-order valence-corrected chi connectivity index (χ1v) is 8.22. The third kappa shape index (κ3) is 6.35. The van der Waals surface area contributed by atoms with Crippen LogP contribution < -0.4 is 20.1 Å². The summed E-state index contributed by atoms with van der Waals surface area (Å²) >= 11 is 0. The van der Waals surface area contributed by atoms with Crippen LogP contribution in [-0.2, 0) is 11.3 Å². The highest BCUT2D eigenvalue weighted by Gasteiger charge is 2.05. The number of carbonyl (C=O) groups excluding carboxylic acids is 1. The largest absolute Gasteiger partial charge is 0.493 e. The molecular weight excluding hydrogens is 336 g/mol. The Morgan fingerprint density at radius 3 is 2.35 bits per heavy atom. The Labute approximate surface area is 151 Å². The van der Waals surface area contributed by atoms with E-state index in [1.54, 1.807) is 7.11 Å². The quantitative estimate of drug-likeness (QED) is 0.598. The summed E-state index contributed by atoms with van der Waals surface area (Å²) < 4.78 is 11.0. The Balaban J connectivity index is 1.78. The first-order valence-electron chi connectivity index (χ1n) is 8.22. The lowest BCUT2D eigenvalue weighted by Gasteiger charge is -2.11. The number of para-hydroxylation sites is 2. The van der Waals surface area contributed by atoms with E-state index in [1.165, 1.54) is 0 Å². The highest BCUT2D eigenvalue weighted by molar-refractivity contribution is 5.73. The molecule has 0 heterocycles. The maximum atomic E-state index is 11.6. The number of methoxy groups -OCH3 is 1. The molecule has 2 rings (SSSR count). The van der Waals surface area contributed by atoms with Gasteiger partial charge in [0, 0.05) is 19.5 Å². The first-order chi connectivity index (χ1) is 12.6.